The first-order valence-corrected chi connectivity index (χ1v) is 6.50. The molecule has 2 N–H and O–H groups in total. The van der Waals surface area contributed by atoms with Crippen molar-refractivity contribution in [3.05, 3.63) is 30.6 Å². The zero-order valence-electron chi connectivity index (χ0n) is 10.0. The minimum absolute atomic E-state index is 0.421. The third kappa shape index (κ3) is 2.07. The number of hydrogen-bond acceptors (Lipinski definition) is 2. The van der Waals surface area contributed by atoms with Crippen LogP contribution in [0.4, 0.5) is 0 Å². The minimum Gasteiger partial charge on any atom is -0.331 e. The molecule has 3 heteroatoms. The number of aryl methyl sites for hydroxylation is 1. The molecule has 2 atom stereocenters. The van der Waals surface area contributed by atoms with Crippen LogP contribution in [0, 0.1) is 5.92 Å². The third-order valence-corrected chi connectivity index (χ3v) is 3.99. The number of aromatic nitrogens is 2. The average Bonchev–Trinajstić information content (AvgIpc) is 2.93. The molecule has 1 aliphatic rings. The van der Waals surface area contributed by atoms with Crippen molar-refractivity contribution in [3.63, 3.8) is 0 Å². The van der Waals surface area contributed by atoms with Crippen molar-refractivity contribution in [3.8, 4) is 0 Å². The Balaban J connectivity index is 1.72. The molecule has 0 bridgehead atoms. The predicted molar refractivity (Wildman–Crippen MR) is 69.7 cm³/mol. The zero-order valence-corrected chi connectivity index (χ0v) is 10.0. The van der Waals surface area contributed by atoms with E-state index in [1.54, 1.807) is 0 Å². The van der Waals surface area contributed by atoms with Crippen molar-refractivity contribution < 1.29 is 0 Å². The van der Waals surface area contributed by atoms with E-state index in [4.69, 9.17) is 5.73 Å². The standard InChI is InChI=1S/C14H19N3/c15-12-5-3-4-11(12)8-9-17-10-16-13-6-1-2-7-14(13)17/h1-2,6-7,10-12H,3-5,8-9,15H2. The van der Waals surface area contributed by atoms with Crippen molar-refractivity contribution in [2.24, 2.45) is 11.7 Å². The Morgan fingerprint density at radius 3 is 3.00 bits per heavy atom. The van der Waals surface area contributed by atoms with E-state index in [-0.39, 0.29) is 0 Å². The number of rotatable bonds is 3. The van der Waals surface area contributed by atoms with Crippen LogP contribution in [0.15, 0.2) is 30.6 Å². The first-order chi connectivity index (χ1) is 8.34. The second-order valence-corrected chi connectivity index (χ2v) is 5.07. The van der Waals surface area contributed by atoms with Gasteiger partial charge in [0.1, 0.15) is 0 Å². The molecule has 17 heavy (non-hydrogen) atoms. The van der Waals surface area contributed by atoms with Crippen LogP contribution < -0.4 is 5.73 Å². The molecule has 3 rings (SSSR count). The maximum atomic E-state index is 6.11. The Hall–Kier alpha value is -1.35. The smallest absolute Gasteiger partial charge is 0.0958 e. The molecule has 0 aliphatic heterocycles. The lowest BCUT2D eigenvalue weighted by molar-refractivity contribution is 0.418. The Morgan fingerprint density at radius 2 is 2.18 bits per heavy atom. The summed E-state index contributed by atoms with van der Waals surface area (Å²) in [6, 6.07) is 8.73. The maximum Gasteiger partial charge on any atom is 0.0958 e. The number of fused-ring (bicyclic) bond motifs is 1. The van der Waals surface area contributed by atoms with Gasteiger partial charge < -0.3 is 10.3 Å². The summed E-state index contributed by atoms with van der Waals surface area (Å²) in [5.74, 6) is 0.705. The largest absolute Gasteiger partial charge is 0.331 e. The Labute approximate surface area is 102 Å². The second kappa shape index (κ2) is 4.49. The third-order valence-electron chi connectivity index (χ3n) is 3.99. The lowest BCUT2D eigenvalue weighted by Gasteiger charge is -2.15. The van der Waals surface area contributed by atoms with Gasteiger partial charge in [0.15, 0.2) is 0 Å². The van der Waals surface area contributed by atoms with Gasteiger partial charge in [0.05, 0.1) is 17.4 Å². The van der Waals surface area contributed by atoms with Crippen molar-refractivity contribution in [2.75, 3.05) is 0 Å². The molecule has 1 aliphatic carbocycles. The van der Waals surface area contributed by atoms with Gasteiger partial charge in [-0.15, -0.1) is 0 Å². The number of benzene rings is 1. The van der Waals surface area contributed by atoms with Crippen molar-refractivity contribution >= 4 is 11.0 Å². The predicted octanol–water partition coefficient (Wildman–Crippen LogP) is 2.55. The summed E-state index contributed by atoms with van der Waals surface area (Å²) >= 11 is 0. The summed E-state index contributed by atoms with van der Waals surface area (Å²) in [4.78, 5) is 4.41. The van der Waals surface area contributed by atoms with E-state index in [1.165, 1.54) is 31.2 Å². The van der Waals surface area contributed by atoms with Gasteiger partial charge in [-0.05, 0) is 37.3 Å². The second-order valence-electron chi connectivity index (χ2n) is 5.07. The molecule has 1 heterocycles. The van der Waals surface area contributed by atoms with Crippen LogP contribution in [-0.4, -0.2) is 15.6 Å². The monoisotopic (exact) mass is 229 g/mol. The number of imidazole rings is 1. The van der Waals surface area contributed by atoms with Gasteiger partial charge in [0.2, 0.25) is 0 Å². The number of nitrogens with two attached hydrogens (primary N) is 1. The van der Waals surface area contributed by atoms with Crippen LogP contribution in [-0.2, 0) is 6.54 Å². The summed E-state index contributed by atoms with van der Waals surface area (Å²) in [5.41, 5.74) is 8.43. The van der Waals surface area contributed by atoms with Crippen LogP contribution >= 0.6 is 0 Å². The number of nitrogens with zero attached hydrogens (tertiary/aromatic N) is 2. The van der Waals surface area contributed by atoms with E-state index >= 15 is 0 Å². The molecule has 0 spiro atoms. The number of hydrogen-bond donors (Lipinski definition) is 1. The van der Waals surface area contributed by atoms with Crippen LogP contribution in [0.25, 0.3) is 11.0 Å². The summed E-state index contributed by atoms with van der Waals surface area (Å²) in [6.45, 7) is 1.04. The van der Waals surface area contributed by atoms with Crippen LogP contribution in [0.3, 0.4) is 0 Å². The molecule has 0 radical (unpaired) electrons. The zero-order chi connectivity index (χ0) is 11.7. The van der Waals surface area contributed by atoms with Crippen molar-refractivity contribution in [1.29, 1.82) is 0 Å². The first-order valence-electron chi connectivity index (χ1n) is 6.50. The highest BCUT2D eigenvalue weighted by Gasteiger charge is 2.23. The fourth-order valence-electron chi connectivity index (χ4n) is 2.92. The molecule has 1 fully saturated rings. The summed E-state index contributed by atoms with van der Waals surface area (Å²) in [6.07, 6.45) is 6.94. The molecular weight excluding hydrogens is 210 g/mol. The Bertz CT molecular complexity index is 503. The molecule has 3 nitrogen and oxygen atoms in total. The number of para-hydroxylation sites is 2. The van der Waals surface area contributed by atoms with Gasteiger partial charge in [-0.25, -0.2) is 4.98 Å². The van der Waals surface area contributed by atoms with Gasteiger partial charge in [-0.2, -0.15) is 0 Å². The van der Waals surface area contributed by atoms with Gasteiger partial charge >= 0.3 is 0 Å². The van der Waals surface area contributed by atoms with E-state index in [0.29, 0.717) is 12.0 Å². The highest BCUT2D eigenvalue weighted by Crippen LogP contribution is 2.27. The summed E-state index contributed by atoms with van der Waals surface area (Å²) < 4.78 is 2.25. The highest BCUT2D eigenvalue weighted by atomic mass is 15.0. The van der Waals surface area contributed by atoms with Gasteiger partial charge in [-0.1, -0.05) is 18.6 Å². The van der Waals surface area contributed by atoms with E-state index in [0.717, 1.165) is 12.1 Å². The quantitative estimate of drug-likeness (QED) is 0.879. The topological polar surface area (TPSA) is 43.8 Å². The fourth-order valence-corrected chi connectivity index (χ4v) is 2.92. The normalized spacial score (nSPS) is 24.5. The SMILES string of the molecule is NC1CCCC1CCn1cnc2ccccc21. The van der Waals surface area contributed by atoms with Crippen molar-refractivity contribution in [2.45, 2.75) is 38.3 Å². The molecule has 2 unspecified atom stereocenters. The Kier molecular flexibility index (Phi) is 2.85. The van der Waals surface area contributed by atoms with Crippen LogP contribution in [0.5, 0.6) is 0 Å². The molecular formula is C14H19N3. The average molecular weight is 229 g/mol. The van der Waals surface area contributed by atoms with E-state index in [2.05, 4.69) is 27.8 Å². The van der Waals surface area contributed by atoms with Gasteiger partial charge in [0, 0.05) is 12.6 Å². The molecule has 1 aromatic carbocycles. The van der Waals surface area contributed by atoms with Crippen molar-refractivity contribution in [1.82, 2.24) is 9.55 Å². The lowest BCUT2D eigenvalue weighted by Crippen LogP contribution is -2.25. The molecule has 90 valence electrons. The lowest BCUT2D eigenvalue weighted by atomic mass is 10.0. The first kappa shape index (κ1) is 10.8. The molecule has 0 saturated heterocycles. The Morgan fingerprint density at radius 1 is 1.29 bits per heavy atom. The van der Waals surface area contributed by atoms with Gasteiger partial charge in [0.25, 0.3) is 0 Å². The van der Waals surface area contributed by atoms with Crippen LogP contribution in [0.1, 0.15) is 25.7 Å². The highest BCUT2D eigenvalue weighted by molar-refractivity contribution is 5.74. The summed E-state index contributed by atoms with van der Waals surface area (Å²) in [5, 5.41) is 0. The summed E-state index contributed by atoms with van der Waals surface area (Å²) in [7, 11) is 0. The minimum atomic E-state index is 0.421. The van der Waals surface area contributed by atoms with Crippen LogP contribution in [0.2, 0.25) is 0 Å². The molecule has 1 aromatic heterocycles. The maximum absolute atomic E-state index is 6.11. The molecule has 0 amide bonds. The molecule has 1 saturated carbocycles. The fraction of sp³-hybridized carbons (Fsp3) is 0.500. The molecule has 2 aromatic rings. The van der Waals surface area contributed by atoms with E-state index in [9.17, 15) is 0 Å². The van der Waals surface area contributed by atoms with E-state index in [1.807, 2.05) is 12.4 Å². The van der Waals surface area contributed by atoms with Gasteiger partial charge in [-0.3, -0.25) is 0 Å². The van der Waals surface area contributed by atoms with E-state index < -0.39 is 0 Å².